The van der Waals surface area contributed by atoms with Crippen molar-refractivity contribution < 1.29 is 24.6 Å². The minimum Gasteiger partial charge on any atom is -0.480 e. The van der Waals surface area contributed by atoms with E-state index in [2.05, 4.69) is 0 Å². The average Bonchev–Trinajstić information content (AvgIpc) is 2.89. The Balaban J connectivity index is 2.19. The average molecular weight is 284 g/mol. The third-order valence-corrected chi connectivity index (χ3v) is 4.19. The lowest BCUT2D eigenvalue weighted by Gasteiger charge is -2.27. The summed E-state index contributed by atoms with van der Waals surface area (Å²) in [5.74, 6) is -1.67. The number of hydrogen-bond acceptors (Lipinski definition) is 5. The maximum Gasteiger partial charge on any atom is 0.321 e. The normalized spacial score (nSPS) is 33.0. The van der Waals surface area contributed by atoms with E-state index in [9.17, 15) is 24.6 Å². The number of carbonyl (C=O) groups is 3. The highest BCUT2D eigenvalue weighted by Crippen LogP contribution is 2.28. The maximum atomic E-state index is 12.4. The zero-order valence-corrected chi connectivity index (χ0v) is 11.7. The van der Waals surface area contributed by atoms with Crippen molar-refractivity contribution in [1.29, 1.82) is 0 Å². The molecule has 2 rings (SSSR count). The second-order valence-electron chi connectivity index (χ2n) is 5.52. The van der Waals surface area contributed by atoms with Crippen LogP contribution in [0, 0.1) is 0 Å². The number of nitrogens with zero attached hydrogens (tertiary/aromatic N) is 2. The van der Waals surface area contributed by atoms with Crippen LogP contribution < -0.4 is 0 Å². The first-order valence-electron chi connectivity index (χ1n) is 6.89. The van der Waals surface area contributed by atoms with Crippen LogP contribution in [-0.4, -0.2) is 68.6 Å². The summed E-state index contributed by atoms with van der Waals surface area (Å²) >= 11 is 0. The number of carboxylic acids is 1. The number of hydrogen-bond donors (Lipinski definition) is 2. The lowest BCUT2D eigenvalue weighted by molar-refractivity contribution is -0.145. The van der Waals surface area contributed by atoms with E-state index in [1.54, 1.807) is 6.92 Å². The van der Waals surface area contributed by atoms with Crippen LogP contribution in [0.4, 0.5) is 0 Å². The van der Waals surface area contributed by atoms with Gasteiger partial charge in [-0.15, -0.1) is 0 Å². The SMILES string of the molecule is CCC(C)N1C(=O)CC(N2CC(O)CC2C(=O)O)C1=O. The Morgan fingerprint density at radius 2 is 2.10 bits per heavy atom. The van der Waals surface area contributed by atoms with Gasteiger partial charge in [-0.05, 0) is 13.3 Å². The van der Waals surface area contributed by atoms with Crippen molar-refractivity contribution in [1.82, 2.24) is 9.80 Å². The molecule has 2 N–H and O–H groups in total. The van der Waals surface area contributed by atoms with Crippen LogP contribution in [0.1, 0.15) is 33.1 Å². The van der Waals surface area contributed by atoms with Crippen molar-refractivity contribution in [3.05, 3.63) is 0 Å². The molecule has 7 heteroatoms. The molecule has 0 aromatic carbocycles. The van der Waals surface area contributed by atoms with Crippen molar-refractivity contribution in [2.75, 3.05) is 6.54 Å². The second-order valence-corrected chi connectivity index (χ2v) is 5.52. The molecule has 4 atom stereocenters. The van der Waals surface area contributed by atoms with Crippen molar-refractivity contribution >= 4 is 17.8 Å². The van der Waals surface area contributed by atoms with Gasteiger partial charge >= 0.3 is 5.97 Å². The number of amides is 2. The summed E-state index contributed by atoms with van der Waals surface area (Å²) < 4.78 is 0. The molecule has 2 aliphatic rings. The third kappa shape index (κ3) is 2.43. The van der Waals surface area contributed by atoms with Crippen molar-refractivity contribution in [2.24, 2.45) is 0 Å². The summed E-state index contributed by atoms with van der Waals surface area (Å²) in [7, 11) is 0. The van der Waals surface area contributed by atoms with Gasteiger partial charge in [-0.1, -0.05) is 6.92 Å². The van der Waals surface area contributed by atoms with Gasteiger partial charge in [-0.25, -0.2) is 0 Å². The van der Waals surface area contributed by atoms with Crippen LogP contribution in [0.5, 0.6) is 0 Å². The predicted octanol–water partition coefficient (Wildman–Crippen LogP) is -0.568. The Morgan fingerprint density at radius 3 is 2.65 bits per heavy atom. The number of aliphatic hydroxyl groups excluding tert-OH is 1. The molecule has 2 amide bonds. The van der Waals surface area contributed by atoms with E-state index in [4.69, 9.17) is 0 Å². The highest BCUT2D eigenvalue weighted by atomic mass is 16.4. The van der Waals surface area contributed by atoms with Crippen molar-refractivity contribution in [2.45, 2.75) is 57.3 Å². The monoisotopic (exact) mass is 284 g/mol. The number of rotatable bonds is 4. The fraction of sp³-hybridized carbons (Fsp3) is 0.769. The number of likely N-dealkylation sites (tertiary alicyclic amines) is 2. The molecular weight excluding hydrogens is 264 g/mol. The molecule has 2 aliphatic heterocycles. The van der Waals surface area contributed by atoms with E-state index >= 15 is 0 Å². The van der Waals surface area contributed by atoms with Gasteiger partial charge < -0.3 is 10.2 Å². The van der Waals surface area contributed by atoms with Crippen LogP contribution in [0.2, 0.25) is 0 Å². The summed E-state index contributed by atoms with van der Waals surface area (Å²) in [5, 5.41) is 18.8. The van der Waals surface area contributed by atoms with Gasteiger partial charge in [-0.3, -0.25) is 24.2 Å². The zero-order chi connectivity index (χ0) is 15.0. The standard InChI is InChI=1S/C13H20N2O5/c1-3-7(2)15-11(17)5-9(12(15)18)14-6-8(16)4-10(14)13(19)20/h7-10,16H,3-6H2,1-2H3,(H,19,20). The summed E-state index contributed by atoms with van der Waals surface area (Å²) in [6, 6.07) is -1.84. The fourth-order valence-electron chi connectivity index (χ4n) is 2.96. The predicted molar refractivity (Wildman–Crippen MR) is 68.8 cm³/mol. The van der Waals surface area contributed by atoms with Gasteiger partial charge in [-0.2, -0.15) is 0 Å². The van der Waals surface area contributed by atoms with Crippen LogP contribution in [0.25, 0.3) is 0 Å². The molecule has 0 radical (unpaired) electrons. The topological polar surface area (TPSA) is 98.2 Å². The highest BCUT2D eigenvalue weighted by molar-refractivity contribution is 6.06. The first-order chi connectivity index (χ1) is 9.36. The van der Waals surface area contributed by atoms with Crippen molar-refractivity contribution in [3.8, 4) is 0 Å². The van der Waals surface area contributed by atoms with Crippen molar-refractivity contribution in [3.63, 3.8) is 0 Å². The third-order valence-electron chi connectivity index (χ3n) is 4.19. The van der Waals surface area contributed by atoms with Crippen LogP contribution in [0.3, 0.4) is 0 Å². The van der Waals surface area contributed by atoms with E-state index in [0.29, 0.717) is 6.42 Å². The van der Waals surface area contributed by atoms with E-state index in [1.807, 2.05) is 6.92 Å². The number of aliphatic hydroxyl groups is 1. The Morgan fingerprint density at radius 1 is 1.45 bits per heavy atom. The van der Waals surface area contributed by atoms with Crippen LogP contribution in [0.15, 0.2) is 0 Å². The summed E-state index contributed by atoms with van der Waals surface area (Å²) in [5.41, 5.74) is 0. The molecule has 2 fully saturated rings. The molecule has 0 aromatic rings. The molecule has 4 unspecified atom stereocenters. The Hall–Kier alpha value is -1.47. The molecule has 20 heavy (non-hydrogen) atoms. The number of carbonyl (C=O) groups excluding carboxylic acids is 2. The van der Waals surface area contributed by atoms with E-state index in [-0.39, 0.29) is 37.2 Å². The van der Waals surface area contributed by atoms with Gasteiger partial charge in [0.1, 0.15) is 6.04 Å². The van der Waals surface area contributed by atoms with Gasteiger partial charge in [0.05, 0.1) is 18.6 Å². The Bertz CT molecular complexity index is 438. The number of aliphatic carboxylic acids is 1. The quantitative estimate of drug-likeness (QED) is 0.671. The molecule has 2 heterocycles. The summed E-state index contributed by atoms with van der Waals surface area (Å²) in [4.78, 5) is 38.2. The lowest BCUT2D eigenvalue weighted by Crippen LogP contribution is -2.48. The van der Waals surface area contributed by atoms with Gasteiger partial charge in [0.15, 0.2) is 0 Å². The molecule has 0 aromatic heterocycles. The van der Waals surface area contributed by atoms with Crippen LogP contribution >= 0.6 is 0 Å². The zero-order valence-electron chi connectivity index (χ0n) is 11.7. The fourth-order valence-corrected chi connectivity index (χ4v) is 2.96. The number of carboxylic acid groups (broad SMARTS) is 1. The Labute approximate surface area is 117 Å². The van der Waals surface area contributed by atoms with E-state index in [0.717, 1.165) is 0 Å². The lowest BCUT2D eigenvalue weighted by atomic mass is 10.1. The smallest absolute Gasteiger partial charge is 0.321 e. The molecule has 0 aliphatic carbocycles. The second kappa shape index (κ2) is 5.49. The number of imide groups is 1. The highest BCUT2D eigenvalue weighted by Gasteiger charge is 2.49. The van der Waals surface area contributed by atoms with Crippen LogP contribution in [-0.2, 0) is 14.4 Å². The molecule has 112 valence electrons. The first-order valence-corrected chi connectivity index (χ1v) is 6.89. The van der Waals surface area contributed by atoms with E-state index < -0.39 is 24.2 Å². The molecule has 0 spiro atoms. The minimum absolute atomic E-state index is 0.000324. The largest absolute Gasteiger partial charge is 0.480 e. The molecule has 0 saturated carbocycles. The van der Waals surface area contributed by atoms with Gasteiger partial charge in [0.25, 0.3) is 0 Å². The molecule has 0 bridgehead atoms. The summed E-state index contributed by atoms with van der Waals surface area (Å²) in [6.45, 7) is 3.80. The van der Waals surface area contributed by atoms with Gasteiger partial charge in [0.2, 0.25) is 11.8 Å². The Kier molecular flexibility index (Phi) is 4.10. The molecular formula is C13H20N2O5. The molecule has 2 saturated heterocycles. The number of β-amino-alcohol motifs (C(OH)–C–C–N with tert-alkyl or cyclic N) is 1. The minimum atomic E-state index is -1.07. The van der Waals surface area contributed by atoms with E-state index in [1.165, 1.54) is 9.80 Å². The molecule has 7 nitrogen and oxygen atoms in total. The summed E-state index contributed by atoms with van der Waals surface area (Å²) in [6.07, 6.45) is -0.0115. The van der Waals surface area contributed by atoms with Gasteiger partial charge in [0, 0.05) is 19.0 Å². The first kappa shape index (κ1) is 14.9. The maximum absolute atomic E-state index is 12.4.